The highest BCUT2D eigenvalue weighted by molar-refractivity contribution is 5.51. The van der Waals surface area contributed by atoms with E-state index in [2.05, 4.69) is 0 Å². The average molecular weight is 262 g/mol. The smallest absolute Gasteiger partial charge is 0.416 e. The van der Waals surface area contributed by atoms with Gasteiger partial charge < -0.3 is 14.9 Å². The summed E-state index contributed by atoms with van der Waals surface area (Å²) in [4.78, 5) is 0. The van der Waals surface area contributed by atoms with Gasteiger partial charge >= 0.3 is 6.18 Å². The van der Waals surface area contributed by atoms with E-state index in [9.17, 15) is 23.4 Å². The van der Waals surface area contributed by atoms with E-state index in [0.29, 0.717) is 12.8 Å². The standard InChI is InChI=1S/C12H13F3O3/c1-18-9-3-2-8(12(13,14)15)7(10(9)16)6-11(17)4-5-11/h2-3,16-17H,4-6H2,1H3. The Hall–Kier alpha value is -1.43. The monoisotopic (exact) mass is 262 g/mol. The molecule has 18 heavy (non-hydrogen) atoms. The number of hydrogen-bond donors (Lipinski definition) is 2. The quantitative estimate of drug-likeness (QED) is 0.879. The van der Waals surface area contributed by atoms with E-state index in [-0.39, 0.29) is 17.7 Å². The fourth-order valence-corrected chi connectivity index (χ4v) is 1.87. The van der Waals surface area contributed by atoms with Crippen LogP contribution in [0.1, 0.15) is 24.0 Å². The van der Waals surface area contributed by atoms with Gasteiger partial charge in [0.1, 0.15) is 0 Å². The Balaban J connectivity index is 2.49. The molecule has 1 aromatic carbocycles. The number of alkyl halides is 3. The highest BCUT2D eigenvalue weighted by Crippen LogP contribution is 2.46. The maximum absolute atomic E-state index is 12.8. The molecule has 3 nitrogen and oxygen atoms in total. The summed E-state index contributed by atoms with van der Waals surface area (Å²) >= 11 is 0. The number of phenolic OH excluding ortho intramolecular Hbond substituents is 1. The molecule has 100 valence electrons. The molecule has 0 aliphatic heterocycles. The Bertz CT molecular complexity index is 464. The number of benzene rings is 1. The zero-order chi connectivity index (χ0) is 13.6. The van der Waals surface area contributed by atoms with Crippen LogP contribution >= 0.6 is 0 Å². The number of rotatable bonds is 3. The fraction of sp³-hybridized carbons (Fsp3) is 0.500. The van der Waals surface area contributed by atoms with E-state index in [1.54, 1.807) is 0 Å². The molecule has 0 aromatic heterocycles. The van der Waals surface area contributed by atoms with Gasteiger partial charge in [-0.15, -0.1) is 0 Å². The van der Waals surface area contributed by atoms with Crippen molar-refractivity contribution in [2.24, 2.45) is 0 Å². The lowest BCUT2D eigenvalue weighted by Crippen LogP contribution is -2.17. The first-order valence-electron chi connectivity index (χ1n) is 5.45. The highest BCUT2D eigenvalue weighted by Gasteiger charge is 2.44. The van der Waals surface area contributed by atoms with Crippen molar-refractivity contribution in [2.75, 3.05) is 7.11 Å². The average Bonchev–Trinajstić information content (AvgIpc) is 2.98. The third-order valence-corrected chi connectivity index (χ3v) is 3.10. The van der Waals surface area contributed by atoms with E-state index in [4.69, 9.17) is 4.74 Å². The molecule has 0 amide bonds. The van der Waals surface area contributed by atoms with Crippen molar-refractivity contribution in [1.82, 2.24) is 0 Å². The van der Waals surface area contributed by atoms with Crippen molar-refractivity contribution in [3.63, 3.8) is 0 Å². The molecule has 6 heteroatoms. The molecule has 0 unspecified atom stereocenters. The van der Waals surface area contributed by atoms with Gasteiger partial charge in [-0.3, -0.25) is 0 Å². The van der Waals surface area contributed by atoms with Crippen molar-refractivity contribution in [3.8, 4) is 11.5 Å². The predicted octanol–water partition coefficient (Wildman–Crippen LogP) is 2.49. The van der Waals surface area contributed by atoms with Gasteiger partial charge in [0, 0.05) is 12.0 Å². The molecule has 1 aromatic rings. The summed E-state index contributed by atoms with van der Waals surface area (Å²) in [5, 5.41) is 19.5. The Kier molecular flexibility index (Phi) is 2.93. The first kappa shape index (κ1) is 13.0. The van der Waals surface area contributed by atoms with Crippen LogP contribution in [-0.2, 0) is 12.6 Å². The molecule has 0 radical (unpaired) electrons. The SMILES string of the molecule is COc1ccc(C(F)(F)F)c(CC2(O)CC2)c1O. The lowest BCUT2D eigenvalue weighted by molar-refractivity contribution is -0.138. The van der Waals surface area contributed by atoms with Crippen molar-refractivity contribution < 1.29 is 28.1 Å². The zero-order valence-corrected chi connectivity index (χ0v) is 9.71. The van der Waals surface area contributed by atoms with Crippen molar-refractivity contribution in [2.45, 2.75) is 31.0 Å². The van der Waals surface area contributed by atoms with Gasteiger partial charge in [0.2, 0.25) is 0 Å². The van der Waals surface area contributed by atoms with Gasteiger partial charge in [0.25, 0.3) is 0 Å². The van der Waals surface area contributed by atoms with E-state index in [1.807, 2.05) is 0 Å². The summed E-state index contributed by atoms with van der Waals surface area (Å²) in [6, 6.07) is 1.93. The van der Waals surface area contributed by atoms with Crippen molar-refractivity contribution >= 4 is 0 Å². The van der Waals surface area contributed by atoms with Crippen LogP contribution in [0.15, 0.2) is 12.1 Å². The number of ether oxygens (including phenoxy) is 1. The van der Waals surface area contributed by atoms with Gasteiger partial charge in [-0.05, 0) is 25.0 Å². The summed E-state index contributed by atoms with van der Waals surface area (Å²) in [5.41, 5.74) is -2.35. The number of methoxy groups -OCH3 is 1. The fourth-order valence-electron chi connectivity index (χ4n) is 1.87. The Morgan fingerprint density at radius 1 is 1.33 bits per heavy atom. The Labute approximate surface area is 102 Å². The lowest BCUT2D eigenvalue weighted by atomic mass is 9.98. The number of aliphatic hydroxyl groups is 1. The van der Waals surface area contributed by atoms with Crippen molar-refractivity contribution in [3.05, 3.63) is 23.3 Å². The van der Waals surface area contributed by atoms with Crippen LogP contribution in [0.2, 0.25) is 0 Å². The van der Waals surface area contributed by atoms with Gasteiger partial charge in [-0.1, -0.05) is 0 Å². The molecule has 2 N–H and O–H groups in total. The molecule has 1 aliphatic carbocycles. The molecule has 2 rings (SSSR count). The van der Waals surface area contributed by atoms with E-state index in [0.717, 1.165) is 12.1 Å². The third-order valence-electron chi connectivity index (χ3n) is 3.10. The minimum absolute atomic E-state index is 0.0257. The van der Waals surface area contributed by atoms with Crippen LogP contribution < -0.4 is 4.74 Å². The number of halogens is 3. The molecule has 0 saturated heterocycles. The largest absolute Gasteiger partial charge is 0.504 e. The summed E-state index contributed by atoms with van der Waals surface area (Å²) in [6.45, 7) is 0. The van der Waals surface area contributed by atoms with E-state index in [1.165, 1.54) is 7.11 Å². The minimum Gasteiger partial charge on any atom is -0.504 e. The third kappa shape index (κ3) is 2.38. The second kappa shape index (κ2) is 4.05. The Morgan fingerprint density at radius 2 is 1.94 bits per heavy atom. The summed E-state index contributed by atoms with van der Waals surface area (Å²) < 4.78 is 43.3. The Morgan fingerprint density at radius 3 is 2.39 bits per heavy atom. The maximum atomic E-state index is 12.8. The van der Waals surface area contributed by atoms with Gasteiger partial charge in [0.05, 0.1) is 18.3 Å². The van der Waals surface area contributed by atoms with Crippen molar-refractivity contribution in [1.29, 1.82) is 0 Å². The van der Waals surface area contributed by atoms with Gasteiger partial charge in [0.15, 0.2) is 11.5 Å². The van der Waals surface area contributed by atoms with E-state index >= 15 is 0 Å². The molecular formula is C12H13F3O3. The predicted molar refractivity (Wildman–Crippen MR) is 57.5 cm³/mol. The molecule has 1 fully saturated rings. The zero-order valence-electron chi connectivity index (χ0n) is 9.71. The highest BCUT2D eigenvalue weighted by atomic mass is 19.4. The van der Waals surface area contributed by atoms with Crippen LogP contribution in [0.5, 0.6) is 11.5 Å². The number of hydrogen-bond acceptors (Lipinski definition) is 3. The van der Waals surface area contributed by atoms with Gasteiger partial charge in [-0.2, -0.15) is 13.2 Å². The van der Waals surface area contributed by atoms with Crippen LogP contribution in [0.4, 0.5) is 13.2 Å². The molecular weight excluding hydrogens is 249 g/mol. The summed E-state index contributed by atoms with van der Waals surface area (Å²) in [7, 11) is 1.26. The lowest BCUT2D eigenvalue weighted by Gasteiger charge is -2.18. The summed E-state index contributed by atoms with van der Waals surface area (Å²) in [5.74, 6) is -0.574. The minimum atomic E-state index is -4.57. The first-order valence-corrected chi connectivity index (χ1v) is 5.45. The summed E-state index contributed by atoms with van der Waals surface area (Å²) in [6.07, 6.45) is -3.89. The molecule has 1 saturated carbocycles. The second-order valence-corrected chi connectivity index (χ2v) is 4.54. The second-order valence-electron chi connectivity index (χ2n) is 4.54. The van der Waals surface area contributed by atoms with Gasteiger partial charge in [-0.25, -0.2) is 0 Å². The molecule has 0 atom stereocenters. The number of phenols is 1. The molecule has 0 bridgehead atoms. The topological polar surface area (TPSA) is 49.7 Å². The molecule has 1 aliphatic rings. The number of aromatic hydroxyl groups is 1. The first-order chi connectivity index (χ1) is 8.27. The van der Waals surface area contributed by atoms with E-state index < -0.39 is 23.1 Å². The molecule has 0 heterocycles. The van der Waals surface area contributed by atoms with Crippen LogP contribution in [0.25, 0.3) is 0 Å². The normalized spacial score (nSPS) is 17.6. The maximum Gasteiger partial charge on any atom is 0.416 e. The molecule has 0 spiro atoms. The van der Waals surface area contributed by atoms with Crippen LogP contribution in [0.3, 0.4) is 0 Å². The van der Waals surface area contributed by atoms with Crippen LogP contribution in [0, 0.1) is 0 Å². The van der Waals surface area contributed by atoms with Crippen LogP contribution in [-0.4, -0.2) is 22.9 Å².